The summed E-state index contributed by atoms with van der Waals surface area (Å²) in [7, 11) is 0. The normalized spacial score (nSPS) is 18.1. The second-order valence-corrected chi connectivity index (χ2v) is 9.91. The number of phenols is 2. The predicted octanol–water partition coefficient (Wildman–Crippen LogP) is 7.57. The van der Waals surface area contributed by atoms with E-state index in [0.717, 1.165) is 0 Å². The number of hydrogen-bond acceptors (Lipinski definition) is 2. The molecule has 2 aromatic carbocycles. The van der Waals surface area contributed by atoms with E-state index in [1.165, 1.54) is 114 Å². The maximum Gasteiger partial charge on any atom is 0.119 e. The monoisotopic (exact) mass is 531 g/mol. The summed E-state index contributed by atoms with van der Waals surface area (Å²) >= 11 is 0. The van der Waals surface area contributed by atoms with Crippen LogP contribution in [0.2, 0.25) is 0 Å². The van der Waals surface area contributed by atoms with E-state index < -0.39 is 0 Å². The largest absolute Gasteiger partial charge is 0.508 e. The van der Waals surface area contributed by atoms with Gasteiger partial charge >= 0.3 is 0 Å². The Morgan fingerprint density at radius 2 is 0.686 bits per heavy atom. The van der Waals surface area contributed by atoms with Crippen LogP contribution in [0.1, 0.15) is 126 Å². The molecule has 2 fully saturated rings. The van der Waals surface area contributed by atoms with Crippen molar-refractivity contribution in [3.05, 3.63) is 59.7 Å². The fraction of sp³-hybridized carbons (Fsp3) is 0.600. The van der Waals surface area contributed by atoms with Crippen molar-refractivity contribution >= 4 is 0 Å². The van der Waals surface area contributed by atoms with Gasteiger partial charge in [0.25, 0.3) is 0 Å². The summed E-state index contributed by atoms with van der Waals surface area (Å²) in [5.74, 6) is 2.15. The van der Waals surface area contributed by atoms with Crippen molar-refractivity contribution in [1.29, 1.82) is 0 Å². The standard InChI is InChI=1S/2C15H22O.Co.2H2O/c2*16-15-12-8-7-11-14(15)13-9-5-3-1-2-4-6-10-13;;;/h2*7-8,11-13,16H,1-6,9-10H2;;2*1H2. The van der Waals surface area contributed by atoms with Gasteiger partial charge in [0.1, 0.15) is 11.5 Å². The van der Waals surface area contributed by atoms with Gasteiger partial charge in [0.05, 0.1) is 0 Å². The van der Waals surface area contributed by atoms with Crippen molar-refractivity contribution in [1.82, 2.24) is 0 Å². The molecule has 0 aromatic heterocycles. The molecule has 0 heterocycles. The third kappa shape index (κ3) is 11.8. The van der Waals surface area contributed by atoms with Crippen molar-refractivity contribution in [3.8, 4) is 11.5 Å². The minimum atomic E-state index is 0. The van der Waals surface area contributed by atoms with E-state index in [0.29, 0.717) is 23.3 Å². The number of para-hydroxylation sites is 2. The van der Waals surface area contributed by atoms with Gasteiger partial charge in [-0.05, 0) is 60.8 Å². The van der Waals surface area contributed by atoms with Gasteiger partial charge in [0.2, 0.25) is 0 Å². The van der Waals surface area contributed by atoms with Crippen LogP contribution in [0.4, 0.5) is 0 Å². The summed E-state index contributed by atoms with van der Waals surface area (Å²) in [6.45, 7) is 0. The predicted molar refractivity (Wildman–Crippen MR) is 143 cm³/mol. The first kappa shape index (κ1) is 33.5. The van der Waals surface area contributed by atoms with E-state index in [-0.39, 0.29) is 27.7 Å². The summed E-state index contributed by atoms with van der Waals surface area (Å²) in [6.07, 6.45) is 21.3. The third-order valence-electron chi connectivity index (χ3n) is 7.46. The summed E-state index contributed by atoms with van der Waals surface area (Å²) in [5, 5.41) is 19.8. The number of rotatable bonds is 2. The quantitative estimate of drug-likeness (QED) is 0.417. The van der Waals surface area contributed by atoms with Crippen LogP contribution in [0.5, 0.6) is 11.5 Å². The van der Waals surface area contributed by atoms with E-state index in [2.05, 4.69) is 12.1 Å². The molecular weight excluding hydrogens is 483 g/mol. The second-order valence-electron chi connectivity index (χ2n) is 9.91. The first-order chi connectivity index (χ1) is 15.8. The van der Waals surface area contributed by atoms with Crippen molar-refractivity contribution in [2.24, 2.45) is 0 Å². The molecule has 2 saturated carbocycles. The van der Waals surface area contributed by atoms with Gasteiger partial charge in [-0.3, -0.25) is 0 Å². The Morgan fingerprint density at radius 3 is 0.971 bits per heavy atom. The Balaban J connectivity index is 0.000000608. The van der Waals surface area contributed by atoms with Crippen LogP contribution >= 0.6 is 0 Å². The number of phenolic OH excluding ortho intramolecular Hbond substituents is 2. The third-order valence-corrected chi connectivity index (χ3v) is 7.46. The average Bonchev–Trinajstić information content (AvgIpc) is 3.04. The fourth-order valence-corrected chi connectivity index (χ4v) is 5.55. The zero-order valence-corrected chi connectivity index (χ0v) is 22.4. The molecule has 0 bridgehead atoms. The van der Waals surface area contributed by atoms with Gasteiger partial charge < -0.3 is 21.2 Å². The molecule has 0 unspecified atom stereocenters. The van der Waals surface area contributed by atoms with Crippen LogP contribution in [-0.4, -0.2) is 21.2 Å². The van der Waals surface area contributed by atoms with E-state index in [1.807, 2.05) is 36.4 Å². The minimum absolute atomic E-state index is 0. The van der Waals surface area contributed by atoms with E-state index >= 15 is 0 Å². The van der Waals surface area contributed by atoms with Crippen molar-refractivity contribution in [2.75, 3.05) is 0 Å². The molecule has 4 rings (SSSR count). The molecular formula is C30H48CoO4. The molecule has 2 aliphatic carbocycles. The Bertz CT molecular complexity index is 697. The maximum absolute atomic E-state index is 9.90. The molecule has 4 nitrogen and oxygen atoms in total. The molecule has 0 atom stereocenters. The van der Waals surface area contributed by atoms with Crippen LogP contribution in [0.3, 0.4) is 0 Å². The van der Waals surface area contributed by atoms with Crippen LogP contribution in [0.15, 0.2) is 48.5 Å². The van der Waals surface area contributed by atoms with Gasteiger partial charge in [-0.15, -0.1) is 0 Å². The zero-order valence-electron chi connectivity index (χ0n) is 21.3. The molecule has 0 spiro atoms. The van der Waals surface area contributed by atoms with Crippen LogP contribution < -0.4 is 0 Å². The smallest absolute Gasteiger partial charge is 0.119 e. The number of aromatic hydroxyl groups is 2. The topological polar surface area (TPSA) is 103 Å². The van der Waals surface area contributed by atoms with Crippen molar-refractivity contribution in [2.45, 2.75) is 115 Å². The van der Waals surface area contributed by atoms with Gasteiger partial charge in [0, 0.05) is 16.8 Å². The molecule has 1 radical (unpaired) electrons. The summed E-state index contributed by atoms with van der Waals surface area (Å²) in [6, 6.07) is 15.7. The molecule has 0 aliphatic heterocycles. The first-order valence-electron chi connectivity index (χ1n) is 13.3. The van der Waals surface area contributed by atoms with Crippen LogP contribution in [0.25, 0.3) is 0 Å². The minimum Gasteiger partial charge on any atom is -0.508 e. The van der Waals surface area contributed by atoms with Gasteiger partial charge in [0.15, 0.2) is 0 Å². The Hall–Kier alpha value is -1.53. The van der Waals surface area contributed by atoms with Crippen LogP contribution in [0, 0.1) is 0 Å². The second kappa shape index (κ2) is 19.6. The molecule has 35 heavy (non-hydrogen) atoms. The first-order valence-corrected chi connectivity index (χ1v) is 13.3. The molecule has 2 aliphatic rings. The van der Waals surface area contributed by atoms with Crippen LogP contribution in [-0.2, 0) is 16.8 Å². The zero-order chi connectivity index (χ0) is 22.4. The Labute approximate surface area is 223 Å². The number of benzene rings is 2. The molecule has 201 valence electrons. The molecule has 5 heteroatoms. The molecule has 0 amide bonds. The van der Waals surface area contributed by atoms with Crippen molar-refractivity contribution in [3.63, 3.8) is 0 Å². The Morgan fingerprint density at radius 1 is 0.429 bits per heavy atom. The van der Waals surface area contributed by atoms with Gasteiger partial charge in [-0.1, -0.05) is 113 Å². The Kier molecular flexibility index (Phi) is 18.8. The molecule has 2 aromatic rings. The molecule has 6 N–H and O–H groups in total. The van der Waals surface area contributed by atoms with E-state index in [1.54, 1.807) is 0 Å². The van der Waals surface area contributed by atoms with E-state index in [4.69, 9.17) is 0 Å². The van der Waals surface area contributed by atoms with Gasteiger partial charge in [-0.25, -0.2) is 0 Å². The fourth-order valence-electron chi connectivity index (χ4n) is 5.55. The molecule has 0 saturated heterocycles. The van der Waals surface area contributed by atoms with E-state index in [9.17, 15) is 10.2 Å². The SMILES string of the molecule is O.O.Oc1ccccc1C1CCCCCCCC1.Oc1ccccc1C1CCCCCCCC1.[Co]. The summed E-state index contributed by atoms with van der Waals surface area (Å²) in [4.78, 5) is 0. The summed E-state index contributed by atoms with van der Waals surface area (Å²) in [5.41, 5.74) is 2.34. The maximum atomic E-state index is 9.90. The summed E-state index contributed by atoms with van der Waals surface area (Å²) < 4.78 is 0. The van der Waals surface area contributed by atoms with Gasteiger partial charge in [-0.2, -0.15) is 0 Å². The van der Waals surface area contributed by atoms with Crippen molar-refractivity contribution < 1.29 is 37.9 Å². The average molecular weight is 532 g/mol. The number of hydrogen-bond donors (Lipinski definition) is 2.